The Morgan fingerprint density at radius 3 is 2.08 bits per heavy atom. The van der Waals surface area contributed by atoms with Crippen molar-refractivity contribution in [2.75, 3.05) is 0 Å². The molecule has 0 amide bonds. The van der Waals surface area contributed by atoms with Gasteiger partial charge in [-0.15, -0.1) is 0 Å². The summed E-state index contributed by atoms with van der Waals surface area (Å²) in [5, 5.41) is 0. The third-order valence-corrected chi connectivity index (χ3v) is 4.10. The molecule has 2 aromatic rings. The van der Waals surface area contributed by atoms with Crippen molar-refractivity contribution in [3.8, 4) is 11.1 Å². The van der Waals surface area contributed by atoms with Crippen LogP contribution < -0.4 is 0 Å². The van der Waals surface area contributed by atoms with Gasteiger partial charge in [-0.05, 0) is 43.4 Å². The van der Waals surface area contributed by atoms with Crippen molar-refractivity contribution in [2.45, 2.75) is 65.7 Å². The molecule has 1 nitrogen and oxygen atoms in total. The number of unbranched alkanes of at least 4 members (excludes halogenated alkanes) is 5. The summed E-state index contributed by atoms with van der Waals surface area (Å²) in [6.07, 6.45) is 10.2. The minimum Gasteiger partial charge on any atom is -0.304 e. The van der Waals surface area contributed by atoms with Crippen molar-refractivity contribution in [3.05, 3.63) is 59.7 Å². The van der Waals surface area contributed by atoms with E-state index < -0.39 is 0 Å². The molecule has 0 radical (unpaired) electrons. The second-order valence-corrected chi connectivity index (χ2v) is 6.32. The highest BCUT2D eigenvalue weighted by molar-refractivity contribution is 5.64. The molecule has 0 aliphatic rings. The molecule has 0 unspecified atom stereocenters. The third-order valence-electron chi connectivity index (χ3n) is 4.10. The molecular weight excluding hydrogens is 292 g/mol. The molecule has 0 aromatic heterocycles. The molecule has 1 heteroatoms. The number of benzene rings is 2. The smallest absolute Gasteiger partial charge is 0.116 e. The fourth-order valence-electron chi connectivity index (χ4n) is 2.84. The maximum atomic E-state index is 8.81. The Morgan fingerprint density at radius 2 is 1.42 bits per heavy atom. The van der Waals surface area contributed by atoms with Crippen LogP contribution in [0, 0.1) is 6.92 Å². The first-order valence-corrected chi connectivity index (χ1v) is 9.27. The quantitative estimate of drug-likeness (QED) is 0.387. The van der Waals surface area contributed by atoms with Gasteiger partial charge in [0.05, 0.1) is 0 Å². The summed E-state index contributed by atoms with van der Waals surface area (Å²) in [7, 11) is 0. The SMILES string of the molecule is CC=O.CCCCCCCCc1cccc(-c2cccc(C)c2)c1. The van der Waals surface area contributed by atoms with Crippen LogP contribution in [0.4, 0.5) is 0 Å². The van der Waals surface area contributed by atoms with Gasteiger partial charge < -0.3 is 4.79 Å². The summed E-state index contributed by atoms with van der Waals surface area (Å²) in [6, 6.07) is 17.8. The Bertz CT molecular complexity index is 586. The number of hydrogen-bond acceptors (Lipinski definition) is 1. The summed E-state index contributed by atoms with van der Waals surface area (Å²) in [4.78, 5) is 8.81. The van der Waals surface area contributed by atoms with Crippen molar-refractivity contribution in [2.24, 2.45) is 0 Å². The second-order valence-electron chi connectivity index (χ2n) is 6.32. The molecule has 0 atom stereocenters. The predicted molar refractivity (Wildman–Crippen MR) is 105 cm³/mol. The maximum absolute atomic E-state index is 8.81. The molecule has 0 spiro atoms. The fourth-order valence-corrected chi connectivity index (χ4v) is 2.84. The van der Waals surface area contributed by atoms with Crippen LogP contribution in [0.5, 0.6) is 0 Å². The van der Waals surface area contributed by atoms with Crippen molar-refractivity contribution in [3.63, 3.8) is 0 Å². The van der Waals surface area contributed by atoms with Gasteiger partial charge >= 0.3 is 0 Å². The number of hydrogen-bond donors (Lipinski definition) is 0. The van der Waals surface area contributed by atoms with E-state index in [9.17, 15) is 0 Å². The van der Waals surface area contributed by atoms with Crippen LogP contribution in [-0.2, 0) is 11.2 Å². The zero-order chi connectivity index (χ0) is 17.6. The summed E-state index contributed by atoms with van der Waals surface area (Å²) in [5.74, 6) is 0. The summed E-state index contributed by atoms with van der Waals surface area (Å²) >= 11 is 0. The van der Waals surface area contributed by atoms with Crippen molar-refractivity contribution in [1.29, 1.82) is 0 Å². The first-order chi connectivity index (χ1) is 11.7. The van der Waals surface area contributed by atoms with Gasteiger partial charge in [-0.25, -0.2) is 0 Å². The van der Waals surface area contributed by atoms with Crippen LogP contribution in [0.3, 0.4) is 0 Å². The molecule has 0 saturated heterocycles. The van der Waals surface area contributed by atoms with E-state index in [0.717, 1.165) is 6.29 Å². The summed E-state index contributed by atoms with van der Waals surface area (Å²) in [6.45, 7) is 5.88. The molecule has 130 valence electrons. The number of aryl methyl sites for hydroxylation is 2. The van der Waals surface area contributed by atoms with Crippen LogP contribution in [0.1, 0.15) is 63.5 Å². The van der Waals surface area contributed by atoms with E-state index in [1.54, 1.807) is 0 Å². The van der Waals surface area contributed by atoms with E-state index >= 15 is 0 Å². The largest absolute Gasteiger partial charge is 0.304 e. The standard InChI is InChI=1S/C21H28.C2H4O/c1-3-4-5-6-7-8-12-19-13-10-15-21(17-19)20-14-9-11-18(2)16-20;1-2-3/h9-11,13-17H,3-8,12H2,1-2H3;2H,1H3. The lowest BCUT2D eigenvalue weighted by Gasteiger charge is -2.07. The predicted octanol–water partition coefficient (Wildman–Crippen LogP) is 6.77. The number of aldehydes is 1. The van der Waals surface area contributed by atoms with Gasteiger partial charge in [-0.2, -0.15) is 0 Å². The molecule has 0 N–H and O–H groups in total. The van der Waals surface area contributed by atoms with Crippen LogP contribution in [-0.4, -0.2) is 6.29 Å². The Kier molecular flexibility index (Phi) is 10.5. The topological polar surface area (TPSA) is 17.1 Å². The molecule has 0 saturated carbocycles. The van der Waals surface area contributed by atoms with E-state index in [1.807, 2.05) is 0 Å². The highest BCUT2D eigenvalue weighted by Crippen LogP contribution is 2.22. The Hall–Kier alpha value is -1.89. The zero-order valence-electron chi connectivity index (χ0n) is 15.6. The molecule has 0 fully saturated rings. The molecule has 2 aromatic carbocycles. The normalized spacial score (nSPS) is 9.96. The molecule has 0 heterocycles. The summed E-state index contributed by atoms with van der Waals surface area (Å²) in [5.41, 5.74) is 5.49. The van der Waals surface area contributed by atoms with Gasteiger partial charge in [0.15, 0.2) is 0 Å². The lowest BCUT2D eigenvalue weighted by molar-refractivity contribution is -0.106. The lowest BCUT2D eigenvalue weighted by atomic mass is 9.99. The highest BCUT2D eigenvalue weighted by atomic mass is 16.1. The lowest BCUT2D eigenvalue weighted by Crippen LogP contribution is -1.88. The average molecular weight is 325 g/mol. The van der Waals surface area contributed by atoms with Crippen LogP contribution in [0.25, 0.3) is 11.1 Å². The Morgan fingerprint density at radius 1 is 0.833 bits per heavy atom. The van der Waals surface area contributed by atoms with E-state index in [0.29, 0.717) is 0 Å². The zero-order valence-corrected chi connectivity index (χ0v) is 15.6. The highest BCUT2D eigenvalue weighted by Gasteiger charge is 2.00. The van der Waals surface area contributed by atoms with Crippen molar-refractivity contribution >= 4 is 6.29 Å². The van der Waals surface area contributed by atoms with Crippen molar-refractivity contribution < 1.29 is 4.79 Å². The van der Waals surface area contributed by atoms with Crippen LogP contribution in [0.15, 0.2) is 48.5 Å². The van der Waals surface area contributed by atoms with E-state index in [-0.39, 0.29) is 0 Å². The van der Waals surface area contributed by atoms with Gasteiger partial charge in [-0.1, -0.05) is 93.1 Å². The first kappa shape index (κ1) is 20.2. The average Bonchev–Trinajstić information content (AvgIpc) is 2.59. The molecule has 0 aliphatic carbocycles. The van der Waals surface area contributed by atoms with Gasteiger partial charge in [-0.3, -0.25) is 0 Å². The van der Waals surface area contributed by atoms with Gasteiger partial charge in [0.2, 0.25) is 0 Å². The molecule has 2 rings (SSSR count). The molecule has 24 heavy (non-hydrogen) atoms. The molecule has 0 bridgehead atoms. The minimum atomic E-state index is 0.750. The second kappa shape index (κ2) is 12.5. The van der Waals surface area contributed by atoms with Crippen LogP contribution in [0.2, 0.25) is 0 Å². The number of carbonyl (C=O) groups excluding carboxylic acids is 1. The minimum absolute atomic E-state index is 0.750. The first-order valence-electron chi connectivity index (χ1n) is 9.27. The monoisotopic (exact) mass is 324 g/mol. The number of rotatable bonds is 8. The van der Waals surface area contributed by atoms with Crippen LogP contribution >= 0.6 is 0 Å². The Labute approximate surface area is 148 Å². The van der Waals surface area contributed by atoms with E-state index in [2.05, 4.69) is 62.4 Å². The van der Waals surface area contributed by atoms with Gasteiger partial charge in [0.25, 0.3) is 0 Å². The molecule has 0 aliphatic heterocycles. The number of carbonyl (C=O) groups is 1. The molecular formula is C23H32O. The Balaban J connectivity index is 0.000000891. The maximum Gasteiger partial charge on any atom is 0.116 e. The van der Waals surface area contributed by atoms with Gasteiger partial charge in [0.1, 0.15) is 6.29 Å². The summed E-state index contributed by atoms with van der Waals surface area (Å²) < 4.78 is 0. The third kappa shape index (κ3) is 8.10. The van der Waals surface area contributed by atoms with E-state index in [1.165, 1.54) is 74.1 Å². The van der Waals surface area contributed by atoms with E-state index in [4.69, 9.17) is 4.79 Å². The van der Waals surface area contributed by atoms with Crippen molar-refractivity contribution in [1.82, 2.24) is 0 Å². The fraction of sp³-hybridized carbons (Fsp3) is 0.435. The van der Waals surface area contributed by atoms with Gasteiger partial charge in [0, 0.05) is 0 Å².